The van der Waals surface area contributed by atoms with Crippen LogP contribution in [-0.2, 0) is 0 Å². The Morgan fingerprint density at radius 3 is 2.53 bits per heavy atom. The van der Waals surface area contributed by atoms with Crippen molar-refractivity contribution in [2.45, 2.75) is 11.8 Å². The molecule has 2 nitrogen and oxygen atoms in total. The highest BCUT2D eigenvalue weighted by atomic mass is 79.9. The van der Waals surface area contributed by atoms with Gasteiger partial charge in [0.25, 0.3) is 0 Å². The summed E-state index contributed by atoms with van der Waals surface area (Å²) in [5, 5.41) is 0. The molecule has 0 spiro atoms. The summed E-state index contributed by atoms with van der Waals surface area (Å²) < 4.78 is 16.9. The van der Waals surface area contributed by atoms with Crippen LogP contribution < -0.4 is 4.74 Å². The maximum atomic E-state index is 11.8. The minimum Gasteiger partial charge on any atom is -0.491 e. The number of hydrogen-bond acceptors (Lipinski definition) is 2. The lowest BCUT2D eigenvalue weighted by molar-refractivity contribution is 0.0996. The Hall–Kier alpha value is -0.900. The maximum Gasteiger partial charge on any atom is 0.176 e. The van der Waals surface area contributed by atoms with Gasteiger partial charge in [-0.2, -0.15) is 0 Å². The Morgan fingerprint density at radius 2 is 2.07 bits per heavy atom. The fourth-order valence-corrected chi connectivity index (χ4v) is 1.37. The maximum absolute atomic E-state index is 11.8. The number of hydrogen-bond donors (Lipinski definition) is 0. The van der Waals surface area contributed by atoms with E-state index in [1.54, 1.807) is 31.2 Å². The molecule has 0 bridgehead atoms. The van der Waals surface area contributed by atoms with E-state index in [4.69, 9.17) is 4.74 Å². The third kappa shape index (κ3) is 3.63. The normalized spacial score (nSPS) is 12.2. The second kappa shape index (κ2) is 5.85. The molecule has 0 fully saturated rings. The molecule has 0 aliphatic heterocycles. The molecule has 82 valence electrons. The quantitative estimate of drug-likeness (QED) is 0.610. The predicted molar refractivity (Wildman–Crippen MR) is 60.6 cm³/mol. The Balaban J connectivity index is 2.68. The van der Waals surface area contributed by atoms with Crippen LogP contribution in [0.5, 0.6) is 5.75 Å². The Bertz CT molecular complexity index is 322. The molecule has 0 saturated heterocycles. The molecule has 1 rings (SSSR count). The van der Waals surface area contributed by atoms with E-state index in [0.29, 0.717) is 11.3 Å². The average molecular weight is 275 g/mol. The minimum absolute atomic E-state index is 0.0204. The molecule has 0 aromatic heterocycles. The van der Waals surface area contributed by atoms with Gasteiger partial charge in [0.15, 0.2) is 5.78 Å². The van der Waals surface area contributed by atoms with Crippen molar-refractivity contribution < 1.29 is 13.9 Å². The van der Waals surface area contributed by atoms with Crippen LogP contribution in [0.2, 0.25) is 0 Å². The van der Waals surface area contributed by atoms with Gasteiger partial charge in [-0.1, -0.05) is 15.9 Å². The third-order valence-corrected chi connectivity index (χ3v) is 2.26. The average Bonchev–Trinajstić information content (AvgIpc) is 2.26. The van der Waals surface area contributed by atoms with E-state index in [0.717, 1.165) is 0 Å². The van der Waals surface area contributed by atoms with E-state index in [9.17, 15) is 9.18 Å². The van der Waals surface area contributed by atoms with Crippen LogP contribution in [0, 0.1) is 0 Å². The van der Waals surface area contributed by atoms with Crippen molar-refractivity contribution in [3.05, 3.63) is 29.8 Å². The monoisotopic (exact) mass is 274 g/mol. The molecule has 0 amide bonds. The third-order valence-electron chi connectivity index (χ3n) is 1.85. The number of alkyl halides is 2. The minimum atomic E-state index is -0.515. The Morgan fingerprint density at radius 1 is 1.47 bits per heavy atom. The Kier molecular flexibility index (Phi) is 4.75. The van der Waals surface area contributed by atoms with Crippen LogP contribution >= 0.6 is 15.9 Å². The first-order valence-corrected chi connectivity index (χ1v) is 5.54. The molecule has 0 heterocycles. The van der Waals surface area contributed by atoms with Gasteiger partial charge >= 0.3 is 0 Å². The van der Waals surface area contributed by atoms with E-state index in [-0.39, 0.29) is 17.2 Å². The molecule has 0 saturated carbocycles. The van der Waals surface area contributed by atoms with E-state index in [2.05, 4.69) is 15.9 Å². The van der Waals surface area contributed by atoms with E-state index >= 15 is 0 Å². The highest BCUT2D eigenvalue weighted by molar-refractivity contribution is 9.10. The first-order chi connectivity index (χ1) is 7.15. The highest BCUT2D eigenvalue weighted by Crippen LogP contribution is 2.15. The second-order valence-electron chi connectivity index (χ2n) is 3.04. The molecule has 1 atom stereocenters. The standard InChI is InChI=1S/C11H12BrFO2/c1-8(12)11(14)9-2-4-10(5-3-9)15-7-6-13/h2-5,8H,6-7H2,1H3/t8-/m0/s1. The number of benzene rings is 1. The van der Waals surface area contributed by atoms with Gasteiger partial charge in [0.1, 0.15) is 19.0 Å². The predicted octanol–water partition coefficient (Wildman–Crippen LogP) is 3.00. The second-order valence-corrected chi connectivity index (χ2v) is 4.42. The summed E-state index contributed by atoms with van der Waals surface area (Å²) in [6.07, 6.45) is 0. The molecule has 0 N–H and O–H groups in total. The van der Waals surface area contributed by atoms with Crippen LogP contribution in [0.3, 0.4) is 0 Å². The lowest BCUT2D eigenvalue weighted by atomic mass is 10.1. The molecule has 0 radical (unpaired) electrons. The number of ether oxygens (including phenoxy) is 1. The van der Waals surface area contributed by atoms with E-state index in [1.165, 1.54) is 0 Å². The molecule has 0 aliphatic carbocycles. The Labute approximate surface area is 96.6 Å². The van der Waals surface area contributed by atoms with Crippen LogP contribution in [0.1, 0.15) is 17.3 Å². The lowest BCUT2D eigenvalue weighted by Gasteiger charge is -2.05. The summed E-state index contributed by atoms with van der Waals surface area (Å²) in [5.41, 5.74) is 0.618. The van der Waals surface area contributed by atoms with Crippen molar-refractivity contribution >= 4 is 21.7 Å². The largest absolute Gasteiger partial charge is 0.491 e. The summed E-state index contributed by atoms with van der Waals surface area (Å²) in [7, 11) is 0. The molecule has 0 unspecified atom stereocenters. The van der Waals surface area contributed by atoms with Gasteiger partial charge in [-0.05, 0) is 31.2 Å². The van der Waals surface area contributed by atoms with Gasteiger partial charge in [-0.25, -0.2) is 4.39 Å². The molecule has 15 heavy (non-hydrogen) atoms. The van der Waals surface area contributed by atoms with Gasteiger partial charge in [0.2, 0.25) is 0 Å². The van der Waals surface area contributed by atoms with Crippen LogP contribution in [0.4, 0.5) is 4.39 Å². The number of ketones is 1. The van der Waals surface area contributed by atoms with Crippen LogP contribution in [0.25, 0.3) is 0 Å². The summed E-state index contributed by atoms with van der Waals surface area (Å²) in [6.45, 7) is 1.30. The summed E-state index contributed by atoms with van der Waals surface area (Å²) in [5.74, 6) is 0.596. The summed E-state index contributed by atoms with van der Waals surface area (Å²) in [4.78, 5) is 11.3. The van der Waals surface area contributed by atoms with Crippen LogP contribution in [-0.4, -0.2) is 23.9 Å². The molecule has 1 aromatic rings. The fraction of sp³-hybridized carbons (Fsp3) is 0.364. The number of carbonyl (C=O) groups excluding carboxylic acids is 1. The van der Waals surface area contributed by atoms with Crippen LogP contribution in [0.15, 0.2) is 24.3 Å². The van der Waals surface area contributed by atoms with Crippen molar-refractivity contribution in [3.8, 4) is 5.75 Å². The number of halogens is 2. The zero-order valence-corrected chi connectivity index (χ0v) is 9.96. The SMILES string of the molecule is C[C@H](Br)C(=O)c1ccc(OCCF)cc1. The van der Waals surface area contributed by atoms with Crippen molar-refractivity contribution in [2.75, 3.05) is 13.3 Å². The highest BCUT2D eigenvalue weighted by Gasteiger charge is 2.11. The first kappa shape index (κ1) is 12.2. The lowest BCUT2D eigenvalue weighted by Crippen LogP contribution is -2.09. The van der Waals surface area contributed by atoms with Gasteiger partial charge in [0.05, 0.1) is 4.83 Å². The van der Waals surface area contributed by atoms with Crippen molar-refractivity contribution in [2.24, 2.45) is 0 Å². The summed E-state index contributed by atoms with van der Waals surface area (Å²) in [6, 6.07) is 6.68. The number of carbonyl (C=O) groups is 1. The van der Waals surface area contributed by atoms with Gasteiger partial charge in [-0.15, -0.1) is 0 Å². The zero-order chi connectivity index (χ0) is 11.3. The number of Topliss-reactive ketones (excluding diaryl/α,β-unsaturated/α-hetero) is 1. The van der Waals surface area contributed by atoms with Crippen molar-refractivity contribution in [1.29, 1.82) is 0 Å². The van der Waals surface area contributed by atoms with Crippen molar-refractivity contribution in [1.82, 2.24) is 0 Å². The topological polar surface area (TPSA) is 26.3 Å². The number of rotatable bonds is 5. The van der Waals surface area contributed by atoms with E-state index in [1.807, 2.05) is 0 Å². The first-order valence-electron chi connectivity index (χ1n) is 4.62. The van der Waals surface area contributed by atoms with Crippen molar-refractivity contribution in [3.63, 3.8) is 0 Å². The van der Waals surface area contributed by atoms with Gasteiger partial charge < -0.3 is 4.74 Å². The van der Waals surface area contributed by atoms with Gasteiger partial charge in [0, 0.05) is 5.56 Å². The molecule has 4 heteroatoms. The van der Waals surface area contributed by atoms with Gasteiger partial charge in [-0.3, -0.25) is 4.79 Å². The fourth-order valence-electron chi connectivity index (χ4n) is 1.10. The molecule has 0 aliphatic rings. The summed E-state index contributed by atoms with van der Waals surface area (Å²) >= 11 is 3.21. The molecular weight excluding hydrogens is 263 g/mol. The molecular formula is C11H12BrFO2. The zero-order valence-electron chi connectivity index (χ0n) is 8.37. The van der Waals surface area contributed by atoms with E-state index < -0.39 is 6.67 Å². The smallest absolute Gasteiger partial charge is 0.176 e. The molecule has 1 aromatic carbocycles.